The van der Waals surface area contributed by atoms with E-state index in [9.17, 15) is 5.11 Å². The summed E-state index contributed by atoms with van der Waals surface area (Å²) in [7, 11) is 5.82. The van der Waals surface area contributed by atoms with Crippen LogP contribution in [0, 0.1) is 6.92 Å². The number of nitrogens with zero attached hydrogens (tertiary/aromatic N) is 1. The second-order valence-electron chi connectivity index (χ2n) is 10.4. The summed E-state index contributed by atoms with van der Waals surface area (Å²) in [4.78, 5) is 2.14. The lowest BCUT2D eigenvalue weighted by Gasteiger charge is -2.40. The molecule has 5 aromatic carbocycles. The molecule has 0 aromatic heterocycles. The van der Waals surface area contributed by atoms with Gasteiger partial charge in [0.05, 0.1) is 7.11 Å². The Bertz CT molecular complexity index is 1570. The van der Waals surface area contributed by atoms with Gasteiger partial charge in [-0.15, -0.1) is 0 Å². The summed E-state index contributed by atoms with van der Waals surface area (Å²) in [6.07, 6.45) is 0.548. The number of aryl methyl sites for hydroxylation is 1. The van der Waals surface area contributed by atoms with Crippen LogP contribution >= 0.6 is 15.9 Å². The standard InChI is InChI=1S/C34H34BrNO2/c1-23-12-14-25(15-13-23)33(30-21-27-20-28(35)17-16-26(27)22-32(30)38-4)34(37,18-19-36(2)3)31-11-7-9-24-8-5-6-10-29(24)31/h5-17,20-22,33,37H,18-19H2,1-4H3/t33-,34+/m1/s1. The number of methoxy groups -OCH3 is 1. The van der Waals surface area contributed by atoms with Gasteiger partial charge in [-0.2, -0.15) is 0 Å². The van der Waals surface area contributed by atoms with Crippen molar-refractivity contribution in [2.24, 2.45) is 0 Å². The van der Waals surface area contributed by atoms with Gasteiger partial charge in [-0.1, -0.05) is 94.3 Å². The SMILES string of the molecule is COc1cc2ccc(Br)cc2cc1[C@@H](c1ccc(C)cc1)[C@](O)(CCN(C)C)c1cccc2ccccc12. The highest BCUT2D eigenvalue weighted by molar-refractivity contribution is 9.10. The first-order chi connectivity index (χ1) is 18.3. The largest absolute Gasteiger partial charge is 0.496 e. The molecule has 4 heteroatoms. The van der Waals surface area contributed by atoms with Gasteiger partial charge in [-0.3, -0.25) is 0 Å². The molecule has 0 spiro atoms. The van der Waals surface area contributed by atoms with E-state index in [4.69, 9.17) is 4.74 Å². The van der Waals surface area contributed by atoms with Gasteiger partial charge in [-0.05, 0) is 84.4 Å². The molecule has 3 nitrogen and oxygen atoms in total. The fourth-order valence-corrected chi connectivity index (χ4v) is 5.95. The summed E-state index contributed by atoms with van der Waals surface area (Å²) < 4.78 is 7.04. The van der Waals surface area contributed by atoms with Crippen LogP contribution in [-0.4, -0.2) is 37.8 Å². The Labute approximate surface area is 233 Å². The van der Waals surface area contributed by atoms with Crippen molar-refractivity contribution >= 4 is 37.5 Å². The summed E-state index contributed by atoms with van der Waals surface area (Å²) in [6, 6.07) is 33.7. The molecular weight excluding hydrogens is 534 g/mol. The van der Waals surface area contributed by atoms with Crippen LogP contribution in [0.3, 0.4) is 0 Å². The molecule has 0 fully saturated rings. The number of rotatable bonds is 8. The highest BCUT2D eigenvalue weighted by Gasteiger charge is 2.42. The van der Waals surface area contributed by atoms with E-state index in [-0.39, 0.29) is 5.92 Å². The van der Waals surface area contributed by atoms with E-state index in [0.717, 1.165) is 55.0 Å². The van der Waals surface area contributed by atoms with E-state index in [2.05, 4.69) is 121 Å². The van der Waals surface area contributed by atoms with Gasteiger partial charge in [0, 0.05) is 22.5 Å². The van der Waals surface area contributed by atoms with Gasteiger partial charge in [0.1, 0.15) is 11.4 Å². The number of ether oxygens (including phenoxy) is 1. The normalized spacial score (nSPS) is 14.1. The summed E-state index contributed by atoms with van der Waals surface area (Å²) in [6.45, 7) is 2.82. The van der Waals surface area contributed by atoms with Crippen LogP contribution in [0.15, 0.2) is 102 Å². The minimum absolute atomic E-state index is 0.368. The van der Waals surface area contributed by atoms with Crippen molar-refractivity contribution < 1.29 is 9.84 Å². The zero-order valence-corrected chi connectivity index (χ0v) is 24.0. The predicted octanol–water partition coefficient (Wildman–Crippen LogP) is 8.04. The molecule has 0 radical (unpaired) electrons. The van der Waals surface area contributed by atoms with E-state index in [1.165, 1.54) is 5.56 Å². The maximum Gasteiger partial charge on any atom is 0.123 e. The molecule has 1 N–H and O–H groups in total. The molecule has 194 valence electrons. The van der Waals surface area contributed by atoms with Crippen LogP contribution in [0.2, 0.25) is 0 Å². The van der Waals surface area contributed by atoms with E-state index in [1.54, 1.807) is 7.11 Å². The lowest BCUT2D eigenvalue weighted by atomic mass is 9.70. The zero-order chi connectivity index (χ0) is 26.9. The Morgan fingerprint density at radius 2 is 1.58 bits per heavy atom. The van der Waals surface area contributed by atoms with Crippen LogP contribution in [-0.2, 0) is 5.60 Å². The predicted molar refractivity (Wildman–Crippen MR) is 162 cm³/mol. The number of halogens is 1. The first kappa shape index (κ1) is 26.4. The number of hydrogen-bond donors (Lipinski definition) is 1. The zero-order valence-electron chi connectivity index (χ0n) is 22.4. The number of aliphatic hydroxyl groups is 1. The molecule has 0 saturated heterocycles. The third-order valence-electron chi connectivity index (χ3n) is 7.55. The molecule has 38 heavy (non-hydrogen) atoms. The number of hydrogen-bond acceptors (Lipinski definition) is 3. The van der Waals surface area contributed by atoms with Crippen molar-refractivity contribution in [3.8, 4) is 5.75 Å². The van der Waals surface area contributed by atoms with Crippen molar-refractivity contribution in [3.05, 3.63) is 124 Å². The maximum absolute atomic E-state index is 13.1. The average molecular weight is 569 g/mol. The molecule has 5 rings (SSSR count). The van der Waals surface area contributed by atoms with Crippen LogP contribution in [0.5, 0.6) is 5.75 Å². The molecule has 0 unspecified atom stereocenters. The minimum atomic E-state index is -1.21. The van der Waals surface area contributed by atoms with Crippen LogP contribution in [0.4, 0.5) is 0 Å². The van der Waals surface area contributed by atoms with Crippen LogP contribution < -0.4 is 4.74 Å². The molecule has 5 aromatic rings. The Morgan fingerprint density at radius 3 is 2.32 bits per heavy atom. The van der Waals surface area contributed by atoms with Crippen molar-refractivity contribution in [2.45, 2.75) is 24.9 Å². The van der Waals surface area contributed by atoms with Crippen molar-refractivity contribution in [2.75, 3.05) is 27.7 Å². The van der Waals surface area contributed by atoms with Crippen molar-refractivity contribution in [1.29, 1.82) is 0 Å². The smallest absolute Gasteiger partial charge is 0.123 e. The number of fused-ring (bicyclic) bond motifs is 2. The molecule has 0 aliphatic rings. The maximum atomic E-state index is 13.1. The topological polar surface area (TPSA) is 32.7 Å². The van der Waals surface area contributed by atoms with Crippen molar-refractivity contribution in [1.82, 2.24) is 4.90 Å². The molecular formula is C34H34BrNO2. The molecule has 0 saturated carbocycles. The van der Waals surface area contributed by atoms with E-state index in [1.807, 2.05) is 18.2 Å². The Balaban J connectivity index is 1.85. The third-order valence-corrected chi connectivity index (χ3v) is 8.04. The first-order valence-electron chi connectivity index (χ1n) is 13.0. The molecule has 0 aliphatic heterocycles. The minimum Gasteiger partial charge on any atom is -0.496 e. The number of benzene rings is 5. The Kier molecular flexibility index (Phi) is 7.58. The lowest BCUT2D eigenvalue weighted by Crippen LogP contribution is -2.38. The Morgan fingerprint density at radius 1 is 0.842 bits per heavy atom. The lowest BCUT2D eigenvalue weighted by molar-refractivity contribution is 0.00534. The van der Waals surface area contributed by atoms with Gasteiger partial charge in [0.2, 0.25) is 0 Å². The first-order valence-corrected chi connectivity index (χ1v) is 13.8. The molecule has 0 amide bonds. The Hall–Kier alpha value is -3.18. The fourth-order valence-electron chi connectivity index (χ4n) is 5.57. The van der Waals surface area contributed by atoms with E-state index >= 15 is 0 Å². The highest BCUT2D eigenvalue weighted by Crippen LogP contribution is 2.49. The summed E-state index contributed by atoms with van der Waals surface area (Å²) in [5.74, 6) is 0.404. The molecule has 0 heterocycles. The summed E-state index contributed by atoms with van der Waals surface area (Å²) >= 11 is 3.64. The second kappa shape index (κ2) is 10.9. The van der Waals surface area contributed by atoms with Gasteiger partial charge in [0.15, 0.2) is 0 Å². The van der Waals surface area contributed by atoms with Crippen LogP contribution in [0.1, 0.15) is 34.6 Å². The second-order valence-corrected chi connectivity index (χ2v) is 11.3. The van der Waals surface area contributed by atoms with Gasteiger partial charge in [0.25, 0.3) is 0 Å². The van der Waals surface area contributed by atoms with E-state index in [0.29, 0.717) is 6.42 Å². The van der Waals surface area contributed by atoms with Gasteiger partial charge in [-0.25, -0.2) is 0 Å². The van der Waals surface area contributed by atoms with Gasteiger partial charge < -0.3 is 14.7 Å². The highest BCUT2D eigenvalue weighted by atomic mass is 79.9. The molecule has 2 atom stereocenters. The fraction of sp³-hybridized carbons (Fsp3) is 0.235. The monoisotopic (exact) mass is 567 g/mol. The van der Waals surface area contributed by atoms with Gasteiger partial charge >= 0.3 is 0 Å². The average Bonchev–Trinajstić information content (AvgIpc) is 2.92. The molecule has 0 aliphatic carbocycles. The molecule has 0 bridgehead atoms. The van der Waals surface area contributed by atoms with Crippen molar-refractivity contribution in [3.63, 3.8) is 0 Å². The van der Waals surface area contributed by atoms with Crippen LogP contribution in [0.25, 0.3) is 21.5 Å². The third kappa shape index (κ3) is 5.09. The summed E-state index contributed by atoms with van der Waals surface area (Å²) in [5, 5.41) is 17.5. The quantitative estimate of drug-likeness (QED) is 0.206. The summed E-state index contributed by atoms with van der Waals surface area (Å²) in [5.41, 5.74) is 2.92. The van der Waals surface area contributed by atoms with E-state index < -0.39 is 5.60 Å².